The molecule has 0 unspecified atom stereocenters. The fraction of sp³-hybridized carbons (Fsp3) is 0.529. The predicted octanol–water partition coefficient (Wildman–Crippen LogP) is 1.85. The summed E-state index contributed by atoms with van der Waals surface area (Å²) < 4.78 is 0. The van der Waals surface area contributed by atoms with Crippen molar-refractivity contribution in [3.63, 3.8) is 0 Å². The van der Waals surface area contributed by atoms with E-state index in [0.29, 0.717) is 43.9 Å². The van der Waals surface area contributed by atoms with Gasteiger partial charge in [-0.1, -0.05) is 12.2 Å². The minimum atomic E-state index is -0.447. The van der Waals surface area contributed by atoms with E-state index in [4.69, 9.17) is 0 Å². The van der Waals surface area contributed by atoms with E-state index in [9.17, 15) is 14.9 Å². The number of fused-ring (bicyclic) bond motifs is 2. The lowest BCUT2D eigenvalue weighted by molar-refractivity contribution is -0.385. The lowest BCUT2D eigenvalue weighted by Crippen LogP contribution is -2.51. The molecule has 1 aromatic rings. The van der Waals surface area contributed by atoms with Crippen molar-refractivity contribution in [1.29, 1.82) is 0 Å². The highest BCUT2D eigenvalue weighted by atomic mass is 16.6. The highest BCUT2D eigenvalue weighted by Crippen LogP contribution is 2.44. The smallest absolute Gasteiger partial charge is 0.287 e. The van der Waals surface area contributed by atoms with Crippen molar-refractivity contribution in [2.45, 2.75) is 12.8 Å². The molecular weight excluding hydrogens is 308 g/mol. The van der Waals surface area contributed by atoms with Gasteiger partial charge < -0.3 is 9.80 Å². The Hall–Kier alpha value is -2.44. The van der Waals surface area contributed by atoms with E-state index in [1.807, 2.05) is 4.90 Å². The van der Waals surface area contributed by atoms with Gasteiger partial charge in [0, 0.05) is 38.2 Å². The van der Waals surface area contributed by atoms with E-state index >= 15 is 0 Å². The SMILES string of the molecule is O=C([C@@H]1C[C@H]2C=C[C@H]1C2)N1CCN(c2ccc([N+](=O)[O-])cn2)CC1. The maximum atomic E-state index is 12.7. The number of carbonyl (C=O) groups is 1. The van der Waals surface area contributed by atoms with Crippen molar-refractivity contribution in [2.24, 2.45) is 17.8 Å². The molecule has 1 saturated carbocycles. The van der Waals surface area contributed by atoms with Gasteiger partial charge in [-0.3, -0.25) is 14.9 Å². The number of nitrogens with zero attached hydrogens (tertiary/aromatic N) is 4. The van der Waals surface area contributed by atoms with E-state index in [-0.39, 0.29) is 11.6 Å². The number of rotatable bonds is 3. The number of allylic oxidation sites excluding steroid dienone is 2. The standard InChI is InChI=1S/C17H20N4O3/c22-17(15-10-12-1-2-13(15)9-12)20-7-5-19(6-8-20)16-4-3-14(11-18-16)21(23)24/h1-4,11-13,15H,5-10H2/t12-,13-,15+/m0/s1. The molecule has 4 rings (SSSR count). The third kappa shape index (κ3) is 2.64. The first-order valence-electron chi connectivity index (χ1n) is 8.44. The van der Waals surface area contributed by atoms with Gasteiger partial charge in [0.15, 0.2) is 0 Å². The van der Waals surface area contributed by atoms with Crippen LogP contribution in [-0.4, -0.2) is 46.9 Å². The molecular formula is C17H20N4O3. The average molecular weight is 328 g/mol. The van der Waals surface area contributed by atoms with Crippen LogP contribution in [0.2, 0.25) is 0 Å². The van der Waals surface area contributed by atoms with Crippen molar-refractivity contribution >= 4 is 17.4 Å². The lowest BCUT2D eigenvalue weighted by Gasteiger charge is -2.37. The Labute approximate surface area is 140 Å². The second-order valence-corrected chi connectivity index (χ2v) is 6.83. The molecule has 1 aromatic heterocycles. The maximum Gasteiger partial charge on any atom is 0.287 e. The number of aromatic nitrogens is 1. The Balaban J connectivity index is 1.35. The molecule has 0 spiro atoms. The van der Waals surface area contributed by atoms with Crippen LogP contribution >= 0.6 is 0 Å². The summed E-state index contributed by atoms with van der Waals surface area (Å²) in [6, 6.07) is 3.15. The number of hydrogen-bond acceptors (Lipinski definition) is 5. The summed E-state index contributed by atoms with van der Waals surface area (Å²) in [5.41, 5.74) is -0.00287. The zero-order valence-electron chi connectivity index (χ0n) is 13.4. The highest BCUT2D eigenvalue weighted by Gasteiger charge is 2.41. The molecule has 2 bridgehead atoms. The lowest BCUT2D eigenvalue weighted by atomic mass is 9.92. The van der Waals surface area contributed by atoms with Crippen LogP contribution in [0.15, 0.2) is 30.5 Å². The van der Waals surface area contributed by atoms with Crippen LogP contribution in [0.1, 0.15) is 12.8 Å². The van der Waals surface area contributed by atoms with Gasteiger partial charge >= 0.3 is 0 Å². The molecule has 24 heavy (non-hydrogen) atoms. The fourth-order valence-electron chi connectivity index (χ4n) is 4.13. The number of anilines is 1. The minimum absolute atomic E-state index is 0.00287. The molecule has 3 atom stereocenters. The highest BCUT2D eigenvalue weighted by molar-refractivity contribution is 5.80. The van der Waals surface area contributed by atoms with Crippen LogP contribution < -0.4 is 4.90 Å². The number of pyridine rings is 1. The third-order valence-electron chi connectivity index (χ3n) is 5.45. The molecule has 1 saturated heterocycles. The van der Waals surface area contributed by atoms with Gasteiger partial charge in [0.2, 0.25) is 5.91 Å². The number of amides is 1. The van der Waals surface area contributed by atoms with Gasteiger partial charge in [-0.2, -0.15) is 0 Å². The molecule has 7 nitrogen and oxygen atoms in total. The van der Waals surface area contributed by atoms with Gasteiger partial charge in [0.05, 0.1) is 4.92 Å². The van der Waals surface area contributed by atoms with Crippen molar-refractivity contribution < 1.29 is 9.72 Å². The summed E-state index contributed by atoms with van der Waals surface area (Å²) in [5, 5.41) is 10.7. The Morgan fingerprint density at radius 3 is 2.50 bits per heavy atom. The molecule has 0 aromatic carbocycles. The summed E-state index contributed by atoms with van der Waals surface area (Å²) >= 11 is 0. The number of piperazine rings is 1. The number of hydrogen-bond donors (Lipinski definition) is 0. The molecule has 0 N–H and O–H groups in total. The third-order valence-corrected chi connectivity index (χ3v) is 5.45. The Bertz CT molecular complexity index is 680. The van der Waals surface area contributed by atoms with Crippen LogP contribution in [0.25, 0.3) is 0 Å². The molecule has 2 fully saturated rings. The van der Waals surface area contributed by atoms with Crippen molar-refractivity contribution in [1.82, 2.24) is 9.88 Å². The number of carbonyl (C=O) groups excluding carboxylic acids is 1. The zero-order valence-corrected chi connectivity index (χ0v) is 13.4. The molecule has 2 aliphatic carbocycles. The van der Waals surface area contributed by atoms with Gasteiger partial charge in [-0.25, -0.2) is 4.98 Å². The summed E-state index contributed by atoms with van der Waals surface area (Å²) in [7, 11) is 0. The maximum absolute atomic E-state index is 12.7. The average Bonchev–Trinajstić information content (AvgIpc) is 3.25. The van der Waals surface area contributed by atoms with Crippen LogP contribution in [0.4, 0.5) is 11.5 Å². The van der Waals surface area contributed by atoms with Gasteiger partial charge in [0.1, 0.15) is 12.0 Å². The molecule has 1 aliphatic heterocycles. The summed E-state index contributed by atoms with van der Waals surface area (Å²) in [4.78, 5) is 31.2. The summed E-state index contributed by atoms with van der Waals surface area (Å²) in [6.07, 6.45) is 7.90. The van der Waals surface area contributed by atoms with Crippen molar-refractivity contribution in [2.75, 3.05) is 31.1 Å². The number of nitro groups is 1. The predicted molar refractivity (Wildman–Crippen MR) is 88.5 cm³/mol. The van der Waals surface area contributed by atoms with Crippen LogP contribution in [-0.2, 0) is 4.79 Å². The normalized spacial score (nSPS) is 28.4. The molecule has 1 amide bonds. The first kappa shape index (κ1) is 15.1. The molecule has 7 heteroatoms. The molecule has 3 aliphatic rings. The van der Waals surface area contributed by atoms with Gasteiger partial charge in [-0.15, -0.1) is 0 Å². The van der Waals surface area contributed by atoms with E-state index in [0.717, 1.165) is 18.7 Å². The van der Waals surface area contributed by atoms with Crippen molar-refractivity contribution in [3.8, 4) is 0 Å². The zero-order chi connectivity index (χ0) is 16.7. The summed E-state index contributed by atoms with van der Waals surface area (Å²) in [6.45, 7) is 2.81. The van der Waals surface area contributed by atoms with E-state index < -0.39 is 4.92 Å². The van der Waals surface area contributed by atoms with E-state index in [1.54, 1.807) is 6.07 Å². The second kappa shape index (κ2) is 5.89. The van der Waals surface area contributed by atoms with E-state index in [2.05, 4.69) is 22.0 Å². The van der Waals surface area contributed by atoms with Crippen LogP contribution in [0.5, 0.6) is 0 Å². The quantitative estimate of drug-likeness (QED) is 0.481. The van der Waals surface area contributed by atoms with E-state index in [1.165, 1.54) is 12.3 Å². The minimum Gasteiger partial charge on any atom is -0.353 e. The second-order valence-electron chi connectivity index (χ2n) is 6.83. The Morgan fingerprint density at radius 1 is 1.17 bits per heavy atom. The van der Waals surface area contributed by atoms with Crippen LogP contribution in [0.3, 0.4) is 0 Å². The fourth-order valence-corrected chi connectivity index (χ4v) is 4.13. The van der Waals surface area contributed by atoms with Gasteiger partial charge in [0.25, 0.3) is 5.69 Å². The largest absolute Gasteiger partial charge is 0.353 e. The molecule has 2 heterocycles. The molecule has 0 radical (unpaired) electrons. The van der Waals surface area contributed by atoms with Crippen molar-refractivity contribution in [3.05, 3.63) is 40.6 Å². The Morgan fingerprint density at radius 2 is 1.96 bits per heavy atom. The monoisotopic (exact) mass is 328 g/mol. The van der Waals surface area contributed by atoms with Crippen LogP contribution in [0, 0.1) is 27.9 Å². The van der Waals surface area contributed by atoms with Gasteiger partial charge in [-0.05, 0) is 30.7 Å². The summed E-state index contributed by atoms with van der Waals surface area (Å²) in [5.74, 6) is 2.24. The first-order chi connectivity index (χ1) is 11.6. The topological polar surface area (TPSA) is 79.6 Å². The first-order valence-corrected chi connectivity index (χ1v) is 8.44. The Kier molecular flexibility index (Phi) is 3.70. The molecule has 126 valence electrons.